The van der Waals surface area contributed by atoms with Crippen molar-refractivity contribution in [1.82, 2.24) is 4.90 Å². The lowest BCUT2D eigenvalue weighted by Gasteiger charge is -2.30. The molecule has 3 rings (SSSR count). The third-order valence-corrected chi connectivity index (χ3v) is 5.79. The van der Waals surface area contributed by atoms with Gasteiger partial charge in [0.15, 0.2) is 0 Å². The van der Waals surface area contributed by atoms with Gasteiger partial charge < -0.3 is 20.1 Å². The first-order chi connectivity index (χ1) is 15.0. The van der Waals surface area contributed by atoms with E-state index in [0.29, 0.717) is 38.8 Å². The molecule has 2 amide bonds. The summed E-state index contributed by atoms with van der Waals surface area (Å²) in [6.45, 7) is 0.927. The van der Waals surface area contributed by atoms with Gasteiger partial charge in [0.25, 0.3) is 0 Å². The van der Waals surface area contributed by atoms with Crippen molar-refractivity contribution in [3.8, 4) is 5.75 Å². The van der Waals surface area contributed by atoms with Gasteiger partial charge in [0.2, 0.25) is 5.91 Å². The standard InChI is InChI=1S/C24H29FN2O4/c1-31-22-8-4-2-6-18(22)7-3-5-9-23(28)26-21-16-19(10-11-20(21)25)17-12-14-27(15-13-17)24(29)30/h2,4,6,8,10-11,16-17H,3,5,7,9,12-15H2,1H3,(H,26,28)(H,29,30). The lowest BCUT2D eigenvalue weighted by Crippen LogP contribution is -2.36. The Balaban J connectivity index is 1.49. The van der Waals surface area contributed by atoms with E-state index < -0.39 is 11.9 Å². The van der Waals surface area contributed by atoms with Crippen LogP contribution in [0, 0.1) is 5.82 Å². The smallest absolute Gasteiger partial charge is 0.407 e. The van der Waals surface area contributed by atoms with Crippen molar-refractivity contribution in [2.75, 3.05) is 25.5 Å². The number of aryl methyl sites for hydroxylation is 1. The van der Waals surface area contributed by atoms with E-state index in [4.69, 9.17) is 9.84 Å². The van der Waals surface area contributed by atoms with Crippen LogP contribution in [-0.2, 0) is 11.2 Å². The molecule has 1 heterocycles. The number of carbonyl (C=O) groups is 2. The van der Waals surface area contributed by atoms with Crippen molar-refractivity contribution in [2.24, 2.45) is 0 Å². The van der Waals surface area contributed by atoms with E-state index in [-0.39, 0.29) is 17.5 Å². The average molecular weight is 429 g/mol. The Kier molecular flexibility index (Phi) is 7.87. The van der Waals surface area contributed by atoms with E-state index in [2.05, 4.69) is 5.32 Å². The number of para-hydroxylation sites is 1. The van der Waals surface area contributed by atoms with Gasteiger partial charge in [-0.1, -0.05) is 24.3 Å². The highest BCUT2D eigenvalue weighted by Gasteiger charge is 2.24. The lowest BCUT2D eigenvalue weighted by molar-refractivity contribution is -0.116. The number of halogens is 1. The van der Waals surface area contributed by atoms with Crippen LogP contribution in [0.15, 0.2) is 42.5 Å². The number of nitrogens with zero attached hydrogens (tertiary/aromatic N) is 1. The van der Waals surface area contributed by atoms with Gasteiger partial charge >= 0.3 is 6.09 Å². The predicted molar refractivity (Wildman–Crippen MR) is 117 cm³/mol. The SMILES string of the molecule is COc1ccccc1CCCCC(=O)Nc1cc(C2CCN(C(=O)O)CC2)ccc1F. The Morgan fingerprint density at radius 2 is 1.90 bits per heavy atom. The summed E-state index contributed by atoms with van der Waals surface area (Å²) in [4.78, 5) is 24.8. The number of carboxylic acid groups (broad SMARTS) is 1. The van der Waals surface area contributed by atoms with Crippen LogP contribution in [0.3, 0.4) is 0 Å². The van der Waals surface area contributed by atoms with Gasteiger partial charge in [-0.25, -0.2) is 9.18 Å². The zero-order valence-corrected chi connectivity index (χ0v) is 17.8. The Labute approximate surface area is 182 Å². The first-order valence-electron chi connectivity index (χ1n) is 10.7. The summed E-state index contributed by atoms with van der Waals surface area (Å²) in [5.41, 5.74) is 2.23. The summed E-state index contributed by atoms with van der Waals surface area (Å²) in [5.74, 6) is 0.332. The maximum Gasteiger partial charge on any atom is 0.407 e. The van der Waals surface area contributed by atoms with Crippen LogP contribution in [-0.4, -0.2) is 42.2 Å². The fraction of sp³-hybridized carbons (Fsp3) is 0.417. The Morgan fingerprint density at radius 1 is 1.16 bits per heavy atom. The molecule has 0 atom stereocenters. The zero-order valence-electron chi connectivity index (χ0n) is 17.8. The van der Waals surface area contributed by atoms with Crippen molar-refractivity contribution < 1.29 is 23.8 Å². The molecule has 7 heteroatoms. The molecule has 0 spiro atoms. The molecule has 1 fully saturated rings. The van der Waals surface area contributed by atoms with Crippen LogP contribution in [0.2, 0.25) is 0 Å². The number of hydrogen-bond acceptors (Lipinski definition) is 3. The van der Waals surface area contributed by atoms with Gasteiger partial charge in [0, 0.05) is 19.5 Å². The van der Waals surface area contributed by atoms with Crippen LogP contribution >= 0.6 is 0 Å². The van der Waals surface area contributed by atoms with Crippen molar-refractivity contribution in [3.05, 3.63) is 59.4 Å². The third-order valence-electron chi connectivity index (χ3n) is 5.79. The number of ether oxygens (including phenoxy) is 1. The molecule has 0 saturated carbocycles. The number of rotatable bonds is 8. The molecule has 31 heavy (non-hydrogen) atoms. The summed E-state index contributed by atoms with van der Waals surface area (Å²) < 4.78 is 19.6. The summed E-state index contributed by atoms with van der Waals surface area (Å²) in [6.07, 6.45) is 3.13. The monoisotopic (exact) mass is 428 g/mol. The maximum absolute atomic E-state index is 14.2. The molecule has 1 aliphatic heterocycles. The van der Waals surface area contributed by atoms with Crippen LogP contribution in [0.1, 0.15) is 49.1 Å². The number of benzene rings is 2. The molecule has 0 bridgehead atoms. The summed E-state index contributed by atoms with van der Waals surface area (Å²) in [7, 11) is 1.64. The second kappa shape index (κ2) is 10.8. The van der Waals surface area contributed by atoms with Crippen molar-refractivity contribution in [3.63, 3.8) is 0 Å². The van der Waals surface area contributed by atoms with Crippen LogP contribution in [0.4, 0.5) is 14.9 Å². The number of piperidine rings is 1. The van der Waals surface area contributed by atoms with Crippen molar-refractivity contribution in [2.45, 2.75) is 44.4 Å². The van der Waals surface area contributed by atoms with Crippen LogP contribution in [0.25, 0.3) is 0 Å². The summed E-state index contributed by atoms with van der Waals surface area (Å²) >= 11 is 0. The third kappa shape index (κ3) is 6.20. The molecule has 6 nitrogen and oxygen atoms in total. The fourth-order valence-electron chi connectivity index (χ4n) is 4.02. The molecule has 1 aliphatic rings. The van der Waals surface area contributed by atoms with Gasteiger partial charge in [-0.15, -0.1) is 0 Å². The largest absolute Gasteiger partial charge is 0.496 e. The van der Waals surface area contributed by atoms with E-state index in [0.717, 1.165) is 29.7 Å². The Hall–Kier alpha value is -3.09. The number of unbranched alkanes of at least 4 members (excludes halogenated alkanes) is 1. The van der Waals surface area contributed by atoms with Crippen molar-refractivity contribution in [1.29, 1.82) is 0 Å². The molecule has 1 saturated heterocycles. The van der Waals surface area contributed by atoms with Gasteiger partial charge in [-0.05, 0) is 67.3 Å². The molecule has 0 aliphatic carbocycles. The van der Waals surface area contributed by atoms with E-state index in [1.807, 2.05) is 24.3 Å². The van der Waals surface area contributed by atoms with E-state index >= 15 is 0 Å². The van der Waals surface area contributed by atoms with Gasteiger partial charge in [-0.2, -0.15) is 0 Å². The molecular weight excluding hydrogens is 399 g/mol. The normalized spacial score (nSPS) is 14.3. The minimum atomic E-state index is -0.906. The molecule has 0 aromatic heterocycles. The minimum Gasteiger partial charge on any atom is -0.496 e. The minimum absolute atomic E-state index is 0.160. The van der Waals surface area contributed by atoms with E-state index in [1.54, 1.807) is 19.2 Å². The molecule has 0 radical (unpaired) electrons. The molecule has 166 valence electrons. The number of hydrogen-bond donors (Lipinski definition) is 2. The van der Waals surface area contributed by atoms with Crippen LogP contribution < -0.4 is 10.1 Å². The summed E-state index contributed by atoms with van der Waals surface area (Å²) in [6, 6.07) is 12.6. The maximum atomic E-state index is 14.2. The molecule has 2 N–H and O–H groups in total. The van der Waals surface area contributed by atoms with Gasteiger partial charge in [0.1, 0.15) is 11.6 Å². The number of nitrogens with one attached hydrogen (secondary N) is 1. The first-order valence-corrected chi connectivity index (χ1v) is 10.7. The average Bonchev–Trinajstić information content (AvgIpc) is 2.78. The van der Waals surface area contributed by atoms with Crippen molar-refractivity contribution >= 4 is 17.7 Å². The second-order valence-electron chi connectivity index (χ2n) is 7.85. The van der Waals surface area contributed by atoms with Gasteiger partial charge in [0.05, 0.1) is 12.8 Å². The fourth-order valence-corrected chi connectivity index (χ4v) is 4.02. The number of methoxy groups -OCH3 is 1. The van der Waals surface area contributed by atoms with E-state index in [9.17, 15) is 14.0 Å². The second-order valence-corrected chi connectivity index (χ2v) is 7.85. The Morgan fingerprint density at radius 3 is 2.61 bits per heavy atom. The molecule has 2 aromatic carbocycles. The summed E-state index contributed by atoms with van der Waals surface area (Å²) in [5, 5.41) is 11.8. The number of anilines is 1. The highest BCUT2D eigenvalue weighted by atomic mass is 19.1. The quantitative estimate of drug-likeness (QED) is 0.577. The highest BCUT2D eigenvalue weighted by molar-refractivity contribution is 5.90. The lowest BCUT2D eigenvalue weighted by atomic mass is 9.89. The van der Waals surface area contributed by atoms with Crippen LogP contribution in [0.5, 0.6) is 5.75 Å². The molecule has 2 aromatic rings. The predicted octanol–water partition coefficient (Wildman–Crippen LogP) is 5.04. The Bertz CT molecular complexity index is 910. The van der Waals surface area contributed by atoms with E-state index in [1.165, 1.54) is 11.0 Å². The van der Waals surface area contributed by atoms with Gasteiger partial charge in [-0.3, -0.25) is 4.79 Å². The zero-order chi connectivity index (χ0) is 22.2. The topological polar surface area (TPSA) is 78.9 Å². The molecule has 0 unspecified atom stereocenters. The highest BCUT2D eigenvalue weighted by Crippen LogP contribution is 2.30. The molecular formula is C24H29FN2O4. The first kappa shape index (κ1) is 22.6. The number of likely N-dealkylation sites (tertiary alicyclic amines) is 1. The number of amides is 2. The number of carbonyl (C=O) groups excluding carboxylic acids is 1.